The lowest BCUT2D eigenvalue weighted by atomic mass is 10.2. The summed E-state index contributed by atoms with van der Waals surface area (Å²) in [5.74, 6) is 0.505. The van der Waals surface area contributed by atoms with Crippen molar-refractivity contribution >= 4 is 40.8 Å². The number of fused-ring (bicyclic) bond motifs is 1. The van der Waals surface area contributed by atoms with E-state index in [4.69, 9.17) is 10.5 Å². The van der Waals surface area contributed by atoms with E-state index < -0.39 is 0 Å². The molecule has 2 heterocycles. The summed E-state index contributed by atoms with van der Waals surface area (Å²) in [5, 5.41) is 4.39. The predicted octanol–water partition coefficient (Wildman–Crippen LogP) is 1.91. The smallest absolute Gasteiger partial charge is 0.188 e. The predicted molar refractivity (Wildman–Crippen MR) is 109 cm³/mol. The fourth-order valence-electron chi connectivity index (χ4n) is 2.79. The lowest BCUT2D eigenvalue weighted by Gasteiger charge is -2.26. The van der Waals surface area contributed by atoms with Gasteiger partial charge in [-0.25, -0.2) is 4.99 Å². The Morgan fingerprint density at radius 3 is 2.88 bits per heavy atom. The van der Waals surface area contributed by atoms with Crippen LogP contribution in [0.4, 0.5) is 0 Å². The average molecular weight is 443 g/mol. The van der Waals surface area contributed by atoms with Gasteiger partial charge in [-0.15, -0.1) is 24.0 Å². The van der Waals surface area contributed by atoms with Crippen molar-refractivity contribution in [1.29, 1.82) is 0 Å². The van der Waals surface area contributed by atoms with Crippen LogP contribution in [-0.2, 0) is 11.3 Å². The molecule has 1 fully saturated rings. The molecule has 0 amide bonds. The first-order valence-electron chi connectivity index (χ1n) is 8.22. The van der Waals surface area contributed by atoms with Gasteiger partial charge in [-0.3, -0.25) is 4.90 Å². The van der Waals surface area contributed by atoms with Crippen LogP contribution in [0.2, 0.25) is 0 Å². The molecule has 0 unspecified atom stereocenters. The number of aliphatic imine (C=N–C) groups is 1. The first-order valence-corrected chi connectivity index (χ1v) is 8.22. The summed E-state index contributed by atoms with van der Waals surface area (Å²) in [7, 11) is 0. The van der Waals surface area contributed by atoms with Gasteiger partial charge in [0.25, 0.3) is 0 Å². The molecule has 132 valence electrons. The zero-order chi connectivity index (χ0) is 15.9. The number of rotatable bonds is 6. The minimum atomic E-state index is 0. The number of aromatic amines is 1. The number of H-pyrrole nitrogens is 1. The summed E-state index contributed by atoms with van der Waals surface area (Å²) in [6, 6.07) is 10.3. The van der Waals surface area contributed by atoms with Crippen LogP contribution in [0.25, 0.3) is 10.9 Å². The van der Waals surface area contributed by atoms with Gasteiger partial charge in [0.2, 0.25) is 0 Å². The Balaban J connectivity index is 0.00000208. The molecule has 0 radical (unpaired) electrons. The molecular formula is C17H26IN5O. The van der Waals surface area contributed by atoms with Gasteiger partial charge in [-0.2, -0.15) is 0 Å². The second-order valence-electron chi connectivity index (χ2n) is 5.82. The Kier molecular flexibility index (Phi) is 7.80. The minimum absolute atomic E-state index is 0. The van der Waals surface area contributed by atoms with Crippen molar-refractivity contribution in [3.8, 4) is 0 Å². The maximum atomic E-state index is 5.93. The summed E-state index contributed by atoms with van der Waals surface area (Å²) in [4.78, 5) is 10.2. The quantitative estimate of drug-likeness (QED) is 0.276. The molecule has 7 heteroatoms. The lowest BCUT2D eigenvalue weighted by molar-refractivity contribution is 0.0376. The number of aromatic nitrogens is 1. The van der Waals surface area contributed by atoms with E-state index in [0.29, 0.717) is 12.5 Å². The van der Waals surface area contributed by atoms with Crippen molar-refractivity contribution in [1.82, 2.24) is 15.2 Å². The molecule has 2 aromatic rings. The molecule has 24 heavy (non-hydrogen) atoms. The lowest BCUT2D eigenvalue weighted by Crippen LogP contribution is -2.39. The SMILES string of the molecule is I.NC(=NCc1cc2ccccc2[nH]1)NCCCN1CCOCC1. The molecule has 4 N–H and O–H groups in total. The van der Waals surface area contributed by atoms with E-state index in [2.05, 4.69) is 38.4 Å². The summed E-state index contributed by atoms with van der Waals surface area (Å²) in [5.41, 5.74) is 8.13. The van der Waals surface area contributed by atoms with Crippen molar-refractivity contribution in [2.75, 3.05) is 39.4 Å². The third kappa shape index (κ3) is 5.64. The van der Waals surface area contributed by atoms with Crippen molar-refractivity contribution in [3.05, 3.63) is 36.0 Å². The van der Waals surface area contributed by atoms with Crippen LogP contribution < -0.4 is 11.1 Å². The Bertz CT molecular complexity index is 618. The molecule has 3 rings (SSSR count). The van der Waals surface area contributed by atoms with Crippen LogP contribution in [0.15, 0.2) is 35.3 Å². The van der Waals surface area contributed by atoms with Gasteiger partial charge in [0.1, 0.15) is 0 Å². The molecule has 1 aromatic carbocycles. The number of nitrogens with one attached hydrogen (secondary N) is 2. The Hall–Kier alpha value is -1.32. The maximum absolute atomic E-state index is 5.93. The number of morpholine rings is 1. The highest BCUT2D eigenvalue weighted by molar-refractivity contribution is 14.0. The van der Waals surface area contributed by atoms with Gasteiger partial charge in [0.15, 0.2) is 5.96 Å². The Morgan fingerprint density at radius 2 is 2.08 bits per heavy atom. The third-order valence-corrected chi connectivity index (χ3v) is 4.07. The molecule has 1 aliphatic heterocycles. The van der Waals surface area contributed by atoms with Crippen LogP contribution in [0.3, 0.4) is 0 Å². The molecule has 1 saturated heterocycles. The zero-order valence-corrected chi connectivity index (χ0v) is 16.2. The molecule has 6 nitrogen and oxygen atoms in total. The largest absolute Gasteiger partial charge is 0.379 e. The summed E-state index contributed by atoms with van der Waals surface area (Å²) in [6.45, 7) is 6.25. The fraction of sp³-hybridized carbons (Fsp3) is 0.471. The van der Waals surface area contributed by atoms with E-state index in [1.165, 1.54) is 5.39 Å². The van der Waals surface area contributed by atoms with Gasteiger partial charge < -0.3 is 20.8 Å². The van der Waals surface area contributed by atoms with Crippen molar-refractivity contribution in [2.45, 2.75) is 13.0 Å². The third-order valence-electron chi connectivity index (χ3n) is 4.07. The van der Waals surface area contributed by atoms with E-state index in [9.17, 15) is 0 Å². The highest BCUT2D eigenvalue weighted by Gasteiger charge is 2.09. The molecular weight excluding hydrogens is 417 g/mol. The van der Waals surface area contributed by atoms with Gasteiger partial charge in [0.05, 0.1) is 19.8 Å². The Morgan fingerprint density at radius 1 is 1.29 bits per heavy atom. The van der Waals surface area contributed by atoms with E-state index >= 15 is 0 Å². The van der Waals surface area contributed by atoms with Crippen LogP contribution in [0.5, 0.6) is 0 Å². The highest BCUT2D eigenvalue weighted by Crippen LogP contribution is 2.14. The first-order chi connectivity index (χ1) is 11.3. The second kappa shape index (κ2) is 9.85. The maximum Gasteiger partial charge on any atom is 0.188 e. The average Bonchev–Trinajstić information content (AvgIpc) is 3.01. The molecule has 0 saturated carbocycles. The van der Waals surface area contributed by atoms with E-state index in [1.807, 2.05) is 12.1 Å². The summed E-state index contributed by atoms with van der Waals surface area (Å²) < 4.78 is 5.34. The van der Waals surface area contributed by atoms with Crippen molar-refractivity contribution in [2.24, 2.45) is 10.7 Å². The molecule has 0 aliphatic carbocycles. The van der Waals surface area contributed by atoms with Crippen LogP contribution in [0, 0.1) is 0 Å². The van der Waals surface area contributed by atoms with E-state index in [-0.39, 0.29) is 24.0 Å². The molecule has 0 atom stereocenters. The number of para-hydroxylation sites is 1. The van der Waals surface area contributed by atoms with Gasteiger partial charge in [-0.1, -0.05) is 18.2 Å². The minimum Gasteiger partial charge on any atom is -0.379 e. The number of benzene rings is 1. The van der Waals surface area contributed by atoms with Crippen molar-refractivity contribution in [3.63, 3.8) is 0 Å². The molecule has 1 aromatic heterocycles. The summed E-state index contributed by atoms with van der Waals surface area (Å²) in [6.07, 6.45) is 1.06. The van der Waals surface area contributed by atoms with Crippen LogP contribution in [-0.4, -0.2) is 55.2 Å². The number of halogens is 1. The van der Waals surface area contributed by atoms with Crippen molar-refractivity contribution < 1.29 is 4.74 Å². The highest BCUT2D eigenvalue weighted by atomic mass is 127. The number of nitrogens with zero attached hydrogens (tertiary/aromatic N) is 2. The standard InChI is InChI=1S/C17H25N5O.HI/c18-17(19-6-3-7-22-8-10-23-11-9-22)20-13-15-12-14-4-1-2-5-16(14)21-15;/h1-2,4-5,12,21H,3,6-11,13H2,(H3,18,19,20);1H. The number of nitrogens with two attached hydrogens (primary N) is 1. The number of guanidine groups is 1. The fourth-order valence-corrected chi connectivity index (χ4v) is 2.79. The number of hydrogen-bond acceptors (Lipinski definition) is 3. The molecule has 0 bridgehead atoms. The van der Waals surface area contributed by atoms with E-state index in [1.54, 1.807) is 0 Å². The van der Waals surface area contributed by atoms with Gasteiger partial charge in [0, 0.05) is 30.8 Å². The normalized spacial score (nSPS) is 16.1. The van der Waals surface area contributed by atoms with Gasteiger partial charge >= 0.3 is 0 Å². The molecule has 1 aliphatic rings. The number of hydrogen-bond donors (Lipinski definition) is 3. The van der Waals surface area contributed by atoms with E-state index in [0.717, 1.165) is 57.0 Å². The zero-order valence-electron chi connectivity index (χ0n) is 13.8. The topological polar surface area (TPSA) is 78.7 Å². The second-order valence-corrected chi connectivity index (χ2v) is 5.82. The monoisotopic (exact) mass is 443 g/mol. The van der Waals surface area contributed by atoms with Crippen LogP contribution >= 0.6 is 24.0 Å². The van der Waals surface area contributed by atoms with Crippen LogP contribution in [0.1, 0.15) is 12.1 Å². The first kappa shape index (κ1) is 19.0. The Labute approximate surface area is 159 Å². The molecule has 0 spiro atoms. The summed E-state index contributed by atoms with van der Waals surface area (Å²) >= 11 is 0. The number of ether oxygens (including phenoxy) is 1. The van der Waals surface area contributed by atoms with Gasteiger partial charge in [-0.05, 0) is 30.5 Å².